The molecule has 0 unspecified atom stereocenters. The average Bonchev–Trinajstić information content (AvgIpc) is 2.42. The summed E-state index contributed by atoms with van der Waals surface area (Å²) in [5.41, 5.74) is 0.886. The predicted molar refractivity (Wildman–Crippen MR) is 84.0 cm³/mol. The Hall–Kier alpha value is -1.72. The van der Waals surface area contributed by atoms with E-state index < -0.39 is 0 Å². The van der Waals surface area contributed by atoms with Gasteiger partial charge in [0.05, 0.1) is 48.6 Å². The minimum absolute atomic E-state index is 0.0105. The van der Waals surface area contributed by atoms with E-state index in [9.17, 15) is 5.11 Å². The van der Waals surface area contributed by atoms with E-state index in [2.05, 4.69) is 21.1 Å². The lowest BCUT2D eigenvalue weighted by Gasteiger charge is -2.23. The highest BCUT2D eigenvalue weighted by Gasteiger charge is 2.09. The van der Waals surface area contributed by atoms with E-state index in [1.165, 1.54) is 14.2 Å². The second-order valence-corrected chi connectivity index (χ2v) is 5.77. The number of benzene rings is 1. The number of quaternary nitrogens is 1. The molecule has 0 atom stereocenters. The lowest BCUT2D eigenvalue weighted by Crippen LogP contribution is -2.37. The molecular formula is C16H26NO4+. The molecule has 0 amide bonds. The van der Waals surface area contributed by atoms with Crippen molar-refractivity contribution in [3.05, 3.63) is 23.8 Å². The number of phenolic OH excluding ortho intramolecular Hbond substituents is 1. The van der Waals surface area contributed by atoms with Crippen molar-refractivity contribution >= 4 is 6.08 Å². The van der Waals surface area contributed by atoms with Crippen LogP contribution in [0.2, 0.25) is 0 Å². The second kappa shape index (κ2) is 7.90. The summed E-state index contributed by atoms with van der Waals surface area (Å²) in [6.07, 6.45) is 3.84. The van der Waals surface area contributed by atoms with Gasteiger partial charge in [-0.05, 0) is 17.7 Å². The Balaban J connectivity index is 2.56. The highest BCUT2D eigenvalue weighted by atomic mass is 16.5. The molecule has 5 heteroatoms. The summed E-state index contributed by atoms with van der Waals surface area (Å²) < 4.78 is 16.7. The zero-order valence-corrected chi connectivity index (χ0v) is 13.5. The van der Waals surface area contributed by atoms with Crippen LogP contribution >= 0.6 is 0 Å². The highest BCUT2D eigenvalue weighted by Crippen LogP contribution is 2.37. The molecule has 5 nitrogen and oxygen atoms in total. The van der Waals surface area contributed by atoms with E-state index in [-0.39, 0.29) is 5.75 Å². The third-order valence-electron chi connectivity index (χ3n) is 2.93. The van der Waals surface area contributed by atoms with Gasteiger partial charge in [-0.1, -0.05) is 12.2 Å². The molecule has 0 spiro atoms. The van der Waals surface area contributed by atoms with Gasteiger partial charge < -0.3 is 23.8 Å². The zero-order valence-electron chi connectivity index (χ0n) is 13.5. The van der Waals surface area contributed by atoms with Gasteiger partial charge in [-0.15, -0.1) is 0 Å². The first kappa shape index (κ1) is 17.3. The lowest BCUT2D eigenvalue weighted by molar-refractivity contribution is -0.870. The fourth-order valence-corrected chi connectivity index (χ4v) is 1.68. The Labute approximate surface area is 126 Å². The molecule has 0 saturated carbocycles. The largest absolute Gasteiger partial charge is 0.502 e. The van der Waals surface area contributed by atoms with Gasteiger partial charge in [0.15, 0.2) is 11.5 Å². The van der Waals surface area contributed by atoms with Crippen LogP contribution in [0.5, 0.6) is 17.2 Å². The van der Waals surface area contributed by atoms with Gasteiger partial charge in [0.1, 0.15) is 6.54 Å². The van der Waals surface area contributed by atoms with E-state index in [1.807, 2.05) is 12.2 Å². The predicted octanol–water partition coefficient (Wildman–Crippen LogP) is 2.15. The SMILES string of the molecule is COc1cc(C=CCOCC[N+](C)(C)C)cc(OC)c1O. The standard InChI is InChI=1S/C16H25NO4/c1-17(2,3)8-10-21-9-6-7-13-11-14(19-4)16(18)15(12-13)20-5/h6-7,11-12H,8-10H2,1-5H3/p+1. The molecule has 0 aliphatic heterocycles. The van der Waals surface area contributed by atoms with Crippen LogP contribution in [0.1, 0.15) is 5.56 Å². The van der Waals surface area contributed by atoms with Crippen LogP contribution in [-0.2, 0) is 4.74 Å². The van der Waals surface area contributed by atoms with Crippen LogP contribution in [0.3, 0.4) is 0 Å². The molecule has 0 aromatic heterocycles. The molecule has 1 N–H and O–H groups in total. The Morgan fingerprint density at radius 2 is 1.67 bits per heavy atom. The van der Waals surface area contributed by atoms with Crippen molar-refractivity contribution in [3.8, 4) is 17.2 Å². The summed E-state index contributed by atoms with van der Waals surface area (Å²) in [7, 11) is 9.42. The quantitative estimate of drug-likeness (QED) is 0.590. The Morgan fingerprint density at radius 3 is 2.14 bits per heavy atom. The molecular weight excluding hydrogens is 270 g/mol. The maximum atomic E-state index is 9.83. The number of likely N-dealkylation sites (N-methyl/N-ethyl adjacent to an activating group) is 1. The van der Waals surface area contributed by atoms with Gasteiger partial charge in [0.25, 0.3) is 0 Å². The number of methoxy groups -OCH3 is 2. The number of aromatic hydroxyl groups is 1. The molecule has 1 rings (SSSR count). The summed E-state index contributed by atoms with van der Waals surface area (Å²) in [6.45, 7) is 2.23. The summed E-state index contributed by atoms with van der Waals surface area (Å²) in [4.78, 5) is 0. The smallest absolute Gasteiger partial charge is 0.200 e. The van der Waals surface area contributed by atoms with E-state index in [0.29, 0.717) is 18.1 Å². The van der Waals surface area contributed by atoms with E-state index in [0.717, 1.165) is 23.2 Å². The van der Waals surface area contributed by atoms with Crippen molar-refractivity contribution in [2.75, 3.05) is 55.1 Å². The van der Waals surface area contributed by atoms with Gasteiger partial charge in [-0.25, -0.2) is 0 Å². The zero-order chi connectivity index (χ0) is 15.9. The molecule has 0 aliphatic rings. The molecule has 0 fully saturated rings. The number of nitrogens with zero attached hydrogens (tertiary/aromatic N) is 1. The molecule has 0 aliphatic carbocycles. The van der Waals surface area contributed by atoms with Crippen molar-refractivity contribution < 1.29 is 23.8 Å². The minimum atomic E-state index is 0.0105. The van der Waals surface area contributed by atoms with E-state index in [4.69, 9.17) is 14.2 Å². The summed E-state index contributed by atoms with van der Waals surface area (Å²) in [6, 6.07) is 3.50. The Kier molecular flexibility index (Phi) is 6.52. The topological polar surface area (TPSA) is 47.9 Å². The van der Waals surface area contributed by atoms with Gasteiger partial charge >= 0.3 is 0 Å². The number of ether oxygens (including phenoxy) is 3. The molecule has 0 heterocycles. The first-order valence-corrected chi connectivity index (χ1v) is 6.87. The lowest BCUT2D eigenvalue weighted by atomic mass is 10.1. The van der Waals surface area contributed by atoms with Crippen LogP contribution in [0.15, 0.2) is 18.2 Å². The third-order valence-corrected chi connectivity index (χ3v) is 2.93. The normalized spacial score (nSPS) is 11.9. The summed E-state index contributed by atoms with van der Waals surface area (Å²) in [5, 5.41) is 9.83. The molecule has 0 radical (unpaired) electrons. The minimum Gasteiger partial charge on any atom is -0.502 e. The average molecular weight is 296 g/mol. The number of hydrogen-bond donors (Lipinski definition) is 1. The number of hydrogen-bond acceptors (Lipinski definition) is 4. The van der Waals surface area contributed by atoms with Crippen molar-refractivity contribution in [2.24, 2.45) is 0 Å². The van der Waals surface area contributed by atoms with Crippen molar-refractivity contribution in [2.45, 2.75) is 0 Å². The fraction of sp³-hybridized carbons (Fsp3) is 0.500. The molecule has 0 saturated heterocycles. The summed E-state index contributed by atoms with van der Waals surface area (Å²) in [5.74, 6) is 0.788. The first-order valence-electron chi connectivity index (χ1n) is 6.87. The van der Waals surface area contributed by atoms with Gasteiger partial charge in [0, 0.05) is 0 Å². The molecule has 1 aromatic carbocycles. The second-order valence-electron chi connectivity index (χ2n) is 5.77. The molecule has 118 valence electrons. The number of phenols is 1. The van der Waals surface area contributed by atoms with Crippen molar-refractivity contribution in [1.29, 1.82) is 0 Å². The van der Waals surface area contributed by atoms with Crippen LogP contribution in [0.25, 0.3) is 6.08 Å². The molecule has 1 aromatic rings. The van der Waals surface area contributed by atoms with Crippen LogP contribution in [-0.4, -0.2) is 64.7 Å². The monoisotopic (exact) mass is 296 g/mol. The highest BCUT2D eigenvalue weighted by molar-refractivity contribution is 5.61. The van der Waals surface area contributed by atoms with E-state index in [1.54, 1.807) is 12.1 Å². The van der Waals surface area contributed by atoms with Crippen molar-refractivity contribution in [1.82, 2.24) is 0 Å². The maximum Gasteiger partial charge on any atom is 0.200 e. The maximum absolute atomic E-state index is 9.83. The van der Waals surface area contributed by atoms with Gasteiger partial charge in [-0.2, -0.15) is 0 Å². The fourth-order valence-electron chi connectivity index (χ4n) is 1.68. The first-order chi connectivity index (χ1) is 9.87. The molecule has 21 heavy (non-hydrogen) atoms. The van der Waals surface area contributed by atoms with E-state index >= 15 is 0 Å². The van der Waals surface area contributed by atoms with Gasteiger partial charge in [0.2, 0.25) is 5.75 Å². The van der Waals surface area contributed by atoms with Crippen LogP contribution in [0, 0.1) is 0 Å². The van der Waals surface area contributed by atoms with Crippen LogP contribution in [0.4, 0.5) is 0 Å². The summed E-state index contributed by atoms with van der Waals surface area (Å²) >= 11 is 0. The van der Waals surface area contributed by atoms with Gasteiger partial charge in [-0.3, -0.25) is 0 Å². The number of rotatable bonds is 8. The Morgan fingerprint density at radius 1 is 1.10 bits per heavy atom. The van der Waals surface area contributed by atoms with Crippen molar-refractivity contribution in [3.63, 3.8) is 0 Å². The Bertz CT molecular complexity index is 453. The molecule has 0 bridgehead atoms. The van der Waals surface area contributed by atoms with Crippen LogP contribution < -0.4 is 9.47 Å². The third kappa shape index (κ3) is 6.06.